The minimum atomic E-state index is -0.668. The molecule has 0 aliphatic heterocycles. The second-order valence-corrected chi connectivity index (χ2v) is 5.22. The Morgan fingerprint density at radius 1 is 1.00 bits per heavy atom. The number of para-hydroxylation sites is 2. The van der Waals surface area contributed by atoms with Crippen LogP contribution in [0.25, 0.3) is 16.7 Å². The summed E-state index contributed by atoms with van der Waals surface area (Å²) in [5.41, 5.74) is 0.989. The number of aromatic nitrogens is 2. The lowest BCUT2D eigenvalue weighted by Crippen LogP contribution is -2.02. The molecule has 3 aromatic rings. The van der Waals surface area contributed by atoms with Crippen LogP contribution in [0.3, 0.4) is 0 Å². The molecule has 0 fully saturated rings. The maximum atomic E-state index is 11.4. The van der Waals surface area contributed by atoms with Crippen molar-refractivity contribution in [1.82, 2.24) is 9.13 Å². The molecule has 23 heavy (non-hydrogen) atoms. The van der Waals surface area contributed by atoms with Crippen LogP contribution >= 0.6 is 12.2 Å². The van der Waals surface area contributed by atoms with E-state index in [0.717, 1.165) is 11.6 Å². The molecule has 0 N–H and O–H groups in total. The number of benzene rings is 2. The molecule has 1 heterocycles. The molecule has 0 aliphatic carbocycles. The van der Waals surface area contributed by atoms with Crippen molar-refractivity contribution in [2.24, 2.45) is 7.05 Å². The molecule has 0 atom stereocenters. The fourth-order valence-electron chi connectivity index (χ4n) is 2.49. The van der Waals surface area contributed by atoms with E-state index in [2.05, 4.69) is 0 Å². The van der Waals surface area contributed by atoms with Crippen molar-refractivity contribution in [1.29, 1.82) is 0 Å². The van der Waals surface area contributed by atoms with Gasteiger partial charge in [-0.2, -0.15) is 0 Å². The lowest BCUT2D eigenvalue weighted by atomic mass is 10.2. The molecule has 0 aliphatic rings. The van der Waals surface area contributed by atoms with Crippen LogP contribution in [0.5, 0.6) is 0 Å². The Balaban J connectivity index is 2.40. The Kier molecular flexibility index (Phi) is 3.41. The molecule has 9 heteroatoms. The highest BCUT2D eigenvalue weighted by atomic mass is 32.1. The van der Waals surface area contributed by atoms with Gasteiger partial charge in [0.1, 0.15) is 5.69 Å². The predicted octanol–water partition coefficient (Wildman–Crippen LogP) is 3.51. The van der Waals surface area contributed by atoms with Crippen LogP contribution in [0, 0.1) is 25.0 Å². The first-order chi connectivity index (χ1) is 10.9. The number of rotatable bonds is 3. The van der Waals surface area contributed by atoms with E-state index in [4.69, 9.17) is 12.2 Å². The van der Waals surface area contributed by atoms with Crippen molar-refractivity contribution < 1.29 is 9.85 Å². The van der Waals surface area contributed by atoms with Crippen molar-refractivity contribution >= 4 is 34.6 Å². The number of fused-ring (bicyclic) bond motifs is 1. The number of nitrogens with zero attached hydrogens (tertiary/aromatic N) is 4. The van der Waals surface area contributed by atoms with E-state index in [1.807, 2.05) is 12.1 Å². The maximum absolute atomic E-state index is 11.4. The Morgan fingerprint density at radius 3 is 2.26 bits per heavy atom. The molecule has 0 spiro atoms. The van der Waals surface area contributed by atoms with E-state index in [1.54, 1.807) is 28.3 Å². The molecule has 1 aromatic heterocycles. The molecule has 116 valence electrons. The van der Waals surface area contributed by atoms with Crippen molar-refractivity contribution in [2.75, 3.05) is 0 Å². The van der Waals surface area contributed by atoms with Gasteiger partial charge in [-0.1, -0.05) is 12.1 Å². The fraction of sp³-hybridized carbons (Fsp3) is 0.0714. The largest absolute Gasteiger partial charge is 0.319 e. The van der Waals surface area contributed by atoms with Crippen LogP contribution in [0.15, 0.2) is 42.5 Å². The summed E-state index contributed by atoms with van der Waals surface area (Å²) in [7, 11) is 1.76. The van der Waals surface area contributed by atoms with Crippen LogP contribution in [0.4, 0.5) is 11.4 Å². The minimum Gasteiger partial charge on any atom is -0.319 e. The summed E-state index contributed by atoms with van der Waals surface area (Å²) in [6.45, 7) is 0. The highest BCUT2D eigenvalue weighted by molar-refractivity contribution is 7.71. The molecule has 8 nitrogen and oxygen atoms in total. The minimum absolute atomic E-state index is 0.197. The van der Waals surface area contributed by atoms with Crippen molar-refractivity contribution in [3.63, 3.8) is 0 Å². The summed E-state index contributed by atoms with van der Waals surface area (Å²) in [5, 5.41) is 22.2. The number of aryl methyl sites for hydroxylation is 1. The summed E-state index contributed by atoms with van der Waals surface area (Å²) in [6, 6.07) is 10.8. The van der Waals surface area contributed by atoms with Gasteiger partial charge < -0.3 is 4.57 Å². The maximum Gasteiger partial charge on any atom is 0.300 e. The normalized spacial score (nSPS) is 10.8. The number of imidazole rings is 1. The topological polar surface area (TPSA) is 96.1 Å². The lowest BCUT2D eigenvalue weighted by molar-refractivity contribution is -0.394. The van der Waals surface area contributed by atoms with Crippen molar-refractivity contribution in [3.05, 3.63) is 67.5 Å². The van der Waals surface area contributed by atoms with Gasteiger partial charge in [0.15, 0.2) is 4.77 Å². The van der Waals surface area contributed by atoms with E-state index in [0.29, 0.717) is 10.3 Å². The van der Waals surface area contributed by atoms with Crippen LogP contribution in [-0.4, -0.2) is 19.0 Å². The average molecular weight is 330 g/mol. The number of hydrogen-bond acceptors (Lipinski definition) is 5. The SMILES string of the molecule is Cn1c(=S)n(-c2ccc([N+](=O)[O-])cc2[N+](=O)[O-])c2ccccc21. The molecule has 0 radical (unpaired) electrons. The monoisotopic (exact) mass is 330 g/mol. The van der Waals surface area contributed by atoms with Crippen LogP contribution in [-0.2, 0) is 7.05 Å². The second kappa shape index (κ2) is 5.29. The smallest absolute Gasteiger partial charge is 0.300 e. The molecular weight excluding hydrogens is 320 g/mol. The van der Waals surface area contributed by atoms with Crippen molar-refractivity contribution in [2.45, 2.75) is 0 Å². The number of nitro benzene ring substituents is 2. The summed E-state index contributed by atoms with van der Waals surface area (Å²) < 4.78 is 3.64. The number of hydrogen-bond donors (Lipinski definition) is 0. The van der Waals surface area contributed by atoms with Gasteiger partial charge in [0.25, 0.3) is 11.4 Å². The standard InChI is InChI=1S/C14H10N4O4S/c1-15-10-4-2-3-5-11(10)16(14(15)23)12-7-6-9(17(19)20)8-13(12)18(21)22/h2-8H,1H3. The highest BCUT2D eigenvalue weighted by Gasteiger charge is 2.23. The Bertz CT molecular complexity index is 1020. The summed E-state index contributed by atoms with van der Waals surface area (Å²) in [6.07, 6.45) is 0. The molecule has 2 aromatic carbocycles. The summed E-state index contributed by atoms with van der Waals surface area (Å²) >= 11 is 5.38. The van der Waals surface area contributed by atoms with E-state index in [-0.39, 0.29) is 17.1 Å². The number of nitro groups is 2. The summed E-state index contributed by atoms with van der Waals surface area (Å²) in [5.74, 6) is 0. The molecule has 0 bridgehead atoms. The molecule has 3 rings (SSSR count). The molecule has 0 saturated carbocycles. The van der Waals surface area contributed by atoms with Gasteiger partial charge in [0, 0.05) is 13.1 Å². The third-order valence-corrected chi connectivity index (χ3v) is 4.03. The Labute approximate surface area is 134 Å². The molecular formula is C14H10N4O4S. The lowest BCUT2D eigenvalue weighted by Gasteiger charge is -2.05. The fourth-order valence-corrected chi connectivity index (χ4v) is 2.78. The van der Waals surface area contributed by atoms with E-state index >= 15 is 0 Å². The van der Waals surface area contributed by atoms with Gasteiger partial charge in [-0.15, -0.1) is 0 Å². The first-order valence-electron chi connectivity index (χ1n) is 6.51. The van der Waals surface area contributed by atoms with Gasteiger partial charge in [0.05, 0.1) is 26.9 Å². The Hall–Kier alpha value is -3.07. The molecule has 0 unspecified atom stereocenters. The second-order valence-electron chi connectivity index (χ2n) is 4.85. The van der Waals surface area contributed by atoms with Crippen LogP contribution in [0.1, 0.15) is 0 Å². The van der Waals surface area contributed by atoms with E-state index < -0.39 is 9.85 Å². The van der Waals surface area contributed by atoms with Crippen LogP contribution in [0.2, 0.25) is 0 Å². The van der Waals surface area contributed by atoms with E-state index in [1.165, 1.54) is 12.1 Å². The quantitative estimate of drug-likeness (QED) is 0.416. The first-order valence-corrected chi connectivity index (χ1v) is 6.92. The van der Waals surface area contributed by atoms with Gasteiger partial charge >= 0.3 is 0 Å². The van der Waals surface area contributed by atoms with Crippen molar-refractivity contribution in [3.8, 4) is 5.69 Å². The van der Waals surface area contributed by atoms with Gasteiger partial charge in [-0.3, -0.25) is 24.8 Å². The Morgan fingerprint density at radius 2 is 1.65 bits per heavy atom. The van der Waals surface area contributed by atoms with Gasteiger partial charge in [0.2, 0.25) is 0 Å². The average Bonchev–Trinajstić information content (AvgIpc) is 2.78. The summed E-state index contributed by atoms with van der Waals surface area (Å²) in [4.78, 5) is 20.9. The zero-order valence-electron chi connectivity index (χ0n) is 11.9. The van der Waals surface area contributed by atoms with E-state index in [9.17, 15) is 20.2 Å². The predicted molar refractivity (Wildman–Crippen MR) is 86.4 cm³/mol. The zero-order valence-corrected chi connectivity index (χ0v) is 12.7. The van der Waals surface area contributed by atoms with Gasteiger partial charge in [-0.05, 0) is 30.4 Å². The molecule has 0 saturated heterocycles. The molecule has 0 amide bonds. The third-order valence-electron chi connectivity index (χ3n) is 3.57. The van der Waals surface area contributed by atoms with Crippen LogP contribution < -0.4 is 0 Å². The highest BCUT2D eigenvalue weighted by Crippen LogP contribution is 2.31. The number of non-ortho nitro benzene ring substituents is 1. The first kappa shape index (κ1) is 14.9. The van der Waals surface area contributed by atoms with Gasteiger partial charge in [-0.25, -0.2) is 0 Å². The zero-order chi connectivity index (χ0) is 16.7. The third kappa shape index (κ3) is 2.27.